The molecule has 10 heteroatoms. The molecule has 0 unspecified atom stereocenters. The van der Waals surface area contributed by atoms with E-state index in [0.717, 1.165) is 16.3 Å². The SMILES string of the molecule is C=CCCC(=O)NC[C@@H](C)OC(=O)[C@@H]1[C@@H]2CC[C@]3(O2)[C@H](C(=O)N(CC=C)c2ccc4ccccc4c2)N([C@@H](CO)Cc2ccccc2)C(=O)[C@@H]13. The summed E-state index contributed by atoms with van der Waals surface area (Å²) in [4.78, 5) is 58.9. The number of hydrogen-bond acceptors (Lipinski definition) is 7. The van der Waals surface area contributed by atoms with Crippen molar-refractivity contribution in [1.82, 2.24) is 10.2 Å². The van der Waals surface area contributed by atoms with Crippen LogP contribution in [0.15, 0.2) is 98.1 Å². The average Bonchev–Trinajstić information content (AvgIpc) is 3.78. The fourth-order valence-electron chi connectivity index (χ4n) is 8.01. The Kier molecular flexibility index (Phi) is 10.5. The van der Waals surface area contributed by atoms with Crippen molar-refractivity contribution >= 4 is 40.2 Å². The van der Waals surface area contributed by atoms with E-state index >= 15 is 4.79 Å². The maximum absolute atomic E-state index is 15.1. The number of allylic oxidation sites excluding steroid dienone is 1. The van der Waals surface area contributed by atoms with Crippen LogP contribution in [0.1, 0.15) is 38.2 Å². The molecule has 3 saturated heterocycles. The topological polar surface area (TPSA) is 125 Å². The number of likely N-dealkylation sites (tertiary alicyclic amines) is 1. The van der Waals surface area contributed by atoms with Gasteiger partial charge in [-0.2, -0.15) is 0 Å². The Labute approximate surface area is 292 Å². The van der Waals surface area contributed by atoms with Gasteiger partial charge in [0.15, 0.2) is 0 Å². The molecule has 2 bridgehead atoms. The van der Waals surface area contributed by atoms with Crippen molar-refractivity contribution in [2.75, 3.05) is 24.6 Å². The predicted molar refractivity (Wildman–Crippen MR) is 190 cm³/mol. The molecule has 3 fully saturated rings. The molecular formula is C40H45N3O7. The molecule has 0 radical (unpaired) electrons. The fraction of sp³-hybridized carbons (Fsp3) is 0.400. The van der Waals surface area contributed by atoms with Gasteiger partial charge in [0.2, 0.25) is 11.8 Å². The second kappa shape index (κ2) is 15.0. The van der Waals surface area contributed by atoms with E-state index in [4.69, 9.17) is 9.47 Å². The van der Waals surface area contributed by atoms with Crippen LogP contribution in [0.4, 0.5) is 5.69 Å². The van der Waals surface area contributed by atoms with Gasteiger partial charge in [-0.3, -0.25) is 19.2 Å². The lowest BCUT2D eigenvalue weighted by molar-refractivity contribution is -0.159. The first-order chi connectivity index (χ1) is 24.2. The summed E-state index contributed by atoms with van der Waals surface area (Å²) in [5.41, 5.74) is 0.227. The molecule has 0 aliphatic carbocycles. The van der Waals surface area contributed by atoms with Crippen LogP contribution in [0.25, 0.3) is 10.8 Å². The van der Waals surface area contributed by atoms with Crippen molar-refractivity contribution in [3.8, 4) is 0 Å². The molecule has 0 saturated carbocycles. The lowest BCUT2D eigenvalue weighted by Gasteiger charge is -2.39. The molecule has 3 aromatic rings. The van der Waals surface area contributed by atoms with Crippen LogP contribution < -0.4 is 10.2 Å². The van der Waals surface area contributed by atoms with Crippen molar-refractivity contribution in [3.63, 3.8) is 0 Å². The maximum atomic E-state index is 15.1. The summed E-state index contributed by atoms with van der Waals surface area (Å²) in [6.45, 7) is 9.12. The van der Waals surface area contributed by atoms with E-state index in [1.165, 1.54) is 4.90 Å². The molecule has 262 valence electrons. The van der Waals surface area contributed by atoms with Gasteiger partial charge in [0, 0.05) is 18.7 Å². The molecule has 3 aliphatic rings. The standard InChI is InChI=1S/C40H45N3O7/c1-4-6-16-33(45)41-24-26(3)49-39(48)34-32-19-20-40(50-32)35(34)37(46)43(31(25-44)22-27-12-8-7-9-13-27)36(40)38(47)42(21-5-2)30-18-17-28-14-10-11-15-29(28)23-30/h4-5,7-15,17-18,23,26,31-32,34-36,44H,1-2,6,16,19-22,24-25H2,3H3,(H,41,45)/t26-,31-,32+,34-,35-,36+,40-/m1/s1. The Balaban J connectivity index is 1.34. The highest BCUT2D eigenvalue weighted by atomic mass is 16.6. The molecule has 2 N–H and O–H groups in total. The minimum atomic E-state index is -1.30. The third-order valence-electron chi connectivity index (χ3n) is 10.3. The number of aliphatic hydroxyl groups is 1. The number of hydrogen-bond donors (Lipinski definition) is 2. The summed E-state index contributed by atoms with van der Waals surface area (Å²) >= 11 is 0. The zero-order valence-corrected chi connectivity index (χ0v) is 28.4. The fourth-order valence-corrected chi connectivity index (χ4v) is 8.01. The molecular weight excluding hydrogens is 634 g/mol. The lowest BCUT2D eigenvalue weighted by Crippen LogP contribution is -2.59. The van der Waals surface area contributed by atoms with Gasteiger partial charge in [-0.15, -0.1) is 13.2 Å². The molecule has 6 rings (SSSR count). The molecule has 3 heterocycles. The highest BCUT2D eigenvalue weighted by Gasteiger charge is 2.75. The monoisotopic (exact) mass is 679 g/mol. The largest absolute Gasteiger partial charge is 0.460 e. The highest BCUT2D eigenvalue weighted by molar-refractivity contribution is 6.05. The number of rotatable bonds is 15. The Morgan fingerprint density at radius 3 is 2.54 bits per heavy atom. The number of benzene rings is 3. The van der Waals surface area contributed by atoms with Crippen molar-refractivity contribution in [3.05, 3.63) is 104 Å². The third-order valence-corrected chi connectivity index (χ3v) is 10.3. The van der Waals surface area contributed by atoms with Gasteiger partial charge in [-0.05, 0) is 61.1 Å². The van der Waals surface area contributed by atoms with Gasteiger partial charge in [0.05, 0.1) is 37.1 Å². The molecule has 1 spiro atoms. The van der Waals surface area contributed by atoms with Gasteiger partial charge >= 0.3 is 5.97 Å². The van der Waals surface area contributed by atoms with E-state index in [1.54, 1.807) is 24.0 Å². The number of fused-ring (bicyclic) bond motifs is 2. The Hall–Kier alpha value is -4.80. The lowest BCUT2D eigenvalue weighted by atomic mass is 9.70. The molecule has 10 nitrogen and oxygen atoms in total. The van der Waals surface area contributed by atoms with E-state index in [9.17, 15) is 19.5 Å². The molecule has 7 atom stereocenters. The van der Waals surface area contributed by atoms with E-state index < -0.39 is 60.2 Å². The van der Waals surface area contributed by atoms with Gasteiger partial charge < -0.3 is 29.7 Å². The average molecular weight is 680 g/mol. The van der Waals surface area contributed by atoms with Crippen molar-refractivity contribution < 1.29 is 33.8 Å². The number of aliphatic hydroxyl groups excluding tert-OH is 1. The first-order valence-corrected chi connectivity index (χ1v) is 17.4. The third kappa shape index (κ3) is 6.57. The van der Waals surface area contributed by atoms with Crippen LogP contribution in [0, 0.1) is 11.8 Å². The first-order valence-electron chi connectivity index (χ1n) is 17.4. The summed E-state index contributed by atoms with van der Waals surface area (Å²) < 4.78 is 12.5. The molecule has 3 aliphatic heterocycles. The quantitative estimate of drug-likeness (QED) is 0.181. The van der Waals surface area contributed by atoms with Gasteiger partial charge in [-0.1, -0.05) is 72.8 Å². The maximum Gasteiger partial charge on any atom is 0.312 e. The minimum absolute atomic E-state index is 0.114. The highest BCUT2D eigenvalue weighted by Crippen LogP contribution is 2.59. The Morgan fingerprint density at radius 1 is 1.08 bits per heavy atom. The summed E-state index contributed by atoms with van der Waals surface area (Å²) in [7, 11) is 0. The Morgan fingerprint density at radius 2 is 1.82 bits per heavy atom. The van der Waals surface area contributed by atoms with Gasteiger partial charge in [0.25, 0.3) is 5.91 Å². The molecule has 3 amide bonds. The number of carbonyl (C=O) groups excluding carboxylic acids is 4. The number of anilines is 1. The number of nitrogens with one attached hydrogen (secondary N) is 1. The van der Waals surface area contributed by atoms with Crippen LogP contribution in [0.5, 0.6) is 0 Å². The van der Waals surface area contributed by atoms with Crippen molar-refractivity contribution in [2.45, 2.75) is 68.9 Å². The number of carbonyl (C=O) groups is 4. The van der Waals surface area contributed by atoms with E-state index in [0.29, 0.717) is 31.4 Å². The molecule has 0 aromatic heterocycles. The summed E-state index contributed by atoms with van der Waals surface area (Å²) in [6, 6.07) is 21.2. The van der Waals surface area contributed by atoms with Gasteiger partial charge in [0.1, 0.15) is 17.7 Å². The summed E-state index contributed by atoms with van der Waals surface area (Å²) in [5, 5.41) is 15.6. The summed E-state index contributed by atoms with van der Waals surface area (Å²) in [6.07, 6.45) is 4.01. The van der Waals surface area contributed by atoms with Crippen LogP contribution in [0.3, 0.4) is 0 Å². The van der Waals surface area contributed by atoms with Crippen LogP contribution in [-0.2, 0) is 35.1 Å². The number of ether oxygens (including phenoxy) is 2. The normalized spacial score (nSPS) is 24.8. The van der Waals surface area contributed by atoms with E-state index in [2.05, 4.69) is 18.5 Å². The van der Waals surface area contributed by atoms with E-state index in [1.807, 2.05) is 72.8 Å². The summed E-state index contributed by atoms with van der Waals surface area (Å²) in [5.74, 6) is -3.49. The predicted octanol–water partition coefficient (Wildman–Crippen LogP) is 4.35. The van der Waals surface area contributed by atoms with Crippen LogP contribution >= 0.6 is 0 Å². The molecule has 50 heavy (non-hydrogen) atoms. The molecule has 3 aromatic carbocycles. The Bertz CT molecular complexity index is 1760. The van der Waals surface area contributed by atoms with Crippen molar-refractivity contribution in [1.29, 1.82) is 0 Å². The second-order valence-electron chi connectivity index (χ2n) is 13.5. The second-order valence-corrected chi connectivity index (χ2v) is 13.5. The first kappa shape index (κ1) is 35.0. The zero-order chi connectivity index (χ0) is 35.4. The zero-order valence-electron chi connectivity index (χ0n) is 28.4. The van der Waals surface area contributed by atoms with Crippen LogP contribution in [0.2, 0.25) is 0 Å². The number of nitrogens with zero attached hydrogens (tertiary/aromatic N) is 2. The number of esters is 1. The van der Waals surface area contributed by atoms with E-state index in [-0.39, 0.29) is 31.3 Å². The minimum Gasteiger partial charge on any atom is -0.460 e. The number of amides is 3. The smallest absolute Gasteiger partial charge is 0.312 e. The van der Waals surface area contributed by atoms with Gasteiger partial charge in [-0.25, -0.2) is 0 Å². The van der Waals surface area contributed by atoms with Crippen molar-refractivity contribution in [2.24, 2.45) is 11.8 Å². The van der Waals surface area contributed by atoms with Crippen LogP contribution in [-0.4, -0.2) is 83.3 Å².